The molecule has 3 rings (SSSR count). The SMILES string of the molecule is CCNC(=NCc1ccc(S(C)(=O)=O)c(C)c1)NCC1(c2ccc(Cl)cc2)CC1.I. The molecule has 1 aliphatic carbocycles. The van der Waals surface area contributed by atoms with Gasteiger partial charge in [0.1, 0.15) is 0 Å². The van der Waals surface area contributed by atoms with Crippen molar-refractivity contribution in [3.05, 3.63) is 64.2 Å². The molecule has 0 heterocycles. The first-order valence-corrected chi connectivity index (χ1v) is 12.1. The highest BCUT2D eigenvalue weighted by Crippen LogP contribution is 2.47. The van der Waals surface area contributed by atoms with Crippen molar-refractivity contribution in [2.45, 2.75) is 43.5 Å². The van der Waals surface area contributed by atoms with Gasteiger partial charge in [-0.05, 0) is 61.6 Å². The summed E-state index contributed by atoms with van der Waals surface area (Å²) >= 11 is 6.02. The lowest BCUT2D eigenvalue weighted by Gasteiger charge is -2.19. The van der Waals surface area contributed by atoms with E-state index in [9.17, 15) is 8.42 Å². The summed E-state index contributed by atoms with van der Waals surface area (Å²) < 4.78 is 23.6. The largest absolute Gasteiger partial charge is 0.357 e. The molecular weight excluding hydrogens is 533 g/mol. The van der Waals surface area contributed by atoms with Crippen molar-refractivity contribution in [1.29, 1.82) is 0 Å². The zero-order valence-corrected chi connectivity index (χ0v) is 21.4. The first-order valence-electron chi connectivity index (χ1n) is 9.81. The highest BCUT2D eigenvalue weighted by Gasteiger charge is 2.44. The summed E-state index contributed by atoms with van der Waals surface area (Å²) in [5.41, 5.74) is 3.18. The zero-order valence-electron chi connectivity index (χ0n) is 17.5. The number of guanidine groups is 1. The van der Waals surface area contributed by atoms with Crippen molar-refractivity contribution in [3.63, 3.8) is 0 Å². The van der Waals surface area contributed by atoms with Crippen LogP contribution < -0.4 is 10.6 Å². The van der Waals surface area contributed by atoms with Gasteiger partial charge in [0.25, 0.3) is 0 Å². The Bertz CT molecular complexity index is 1000. The second-order valence-electron chi connectivity index (χ2n) is 7.71. The second kappa shape index (κ2) is 10.3. The molecule has 1 fully saturated rings. The summed E-state index contributed by atoms with van der Waals surface area (Å²) in [6.45, 7) is 5.91. The normalized spacial score (nSPS) is 15.3. The number of hydrogen-bond donors (Lipinski definition) is 2. The molecule has 5 nitrogen and oxygen atoms in total. The molecule has 1 aliphatic rings. The topological polar surface area (TPSA) is 70.6 Å². The van der Waals surface area contributed by atoms with Crippen LogP contribution in [0.15, 0.2) is 52.4 Å². The third kappa shape index (κ3) is 6.34. The lowest BCUT2D eigenvalue weighted by molar-refractivity contribution is 0.601. The van der Waals surface area contributed by atoms with Crippen LogP contribution in [0.5, 0.6) is 0 Å². The molecule has 0 aliphatic heterocycles. The molecule has 0 radical (unpaired) electrons. The summed E-state index contributed by atoms with van der Waals surface area (Å²) in [6.07, 6.45) is 3.52. The molecule has 1 saturated carbocycles. The molecule has 0 amide bonds. The predicted molar refractivity (Wildman–Crippen MR) is 135 cm³/mol. The maximum absolute atomic E-state index is 11.8. The van der Waals surface area contributed by atoms with Crippen molar-refractivity contribution in [1.82, 2.24) is 10.6 Å². The van der Waals surface area contributed by atoms with Crippen molar-refractivity contribution < 1.29 is 8.42 Å². The van der Waals surface area contributed by atoms with E-state index >= 15 is 0 Å². The highest BCUT2D eigenvalue weighted by atomic mass is 127. The Morgan fingerprint density at radius 3 is 2.33 bits per heavy atom. The lowest BCUT2D eigenvalue weighted by atomic mass is 9.96. The summed E-state index contributed by atoms with van der Waals surface area (Å²) in [5.74, 6) is 0.762. The number of benzene rings is 2. The van der Waals surface area contributed by atoms with Crippen LogP contribution in [0.3, 0.4) is 0 Å². The smallest absolute Gasteiger partial charge is 0.191 e. The van der Waals surface area contributed by atoms with E-state index in [2.05, 4.69) is 27.8 Å². The standard InChI is InChI=1S/C22H28ClN3O2S.HI/c1-4-24-21(25-14-17-5-10-20(16(2)13-17)29(3,27)28)26-15-22(11-12-22)18-6-8-19(23)9-7-18;/h5-10,13H,4,11-12,14-15H2,1-3H3,(H2,24,25,26);1H. The Hall–Kier alpha value is -1.32. The molecule has 0 saturated heterocycles. The van der Waals surface area contributed by atoms with E-state index in [-0.39, 0.29) is 29.4 Å². The zero-order chi connectivity index (χ0) is 21.1. The molecule has 8 heteroatoms. The van der Waals surface area contributed by atoms with Gasteiger partial charge in [-0.2, -0.15) is 0 Å². The number of sulfone groups is 1. The first-order chi connectivity index (χ1) is 13.7. The quantitative estimate of drug-likeness (QED) is 0.298. The van der Waals surface area contributed by atoms with Crippen molar-refractivity contribution >= 4 is 51.4 Å². The molecule has 0 atom stereocenters. The summed E-state index contributed by atoms with van der Waals surface area (Å²) in [4.78, 5) is 5.05. The van der Waals surface area contributed by atoms with Gasteiger partial charge >= 0.3 is 0 Å². The minimum absolute atomic E-state index is 0. The van der Waals surface area contributed by atoms with Gasteiger partial charge in [0, 0.05) is 29.8 Å². The molecule has 2 aromatic carbocycles. The summed E-state index contributed by atoms with van der Waals surface area (Å²) in [5, 5.41) is 7.51. The molecule has 2 aromatic rings. The molecule has 0 bridgehead atoms. The second-order valence-corrected chi connectivity index (χ2v) is 10.1. The van der Waals surface area contributed by atoms with Crippen molar-refractivity contribution in [3.8, 4) is 0 Å². The van der Waals surface area contributed by atoms with Gasteiger partial charge in [-0.15, -0.1) is 24.0 Å². The van der Waals surface area contributed by atoms with Crippen LogP contribution >= 0.6 is 35.6 Å². The van der Waals surface area contributed by atoms with Gasteiger partial charge in [0.2, 0.25) is 0 Å². The molecular formula is C22H29ClIN3O2S. The number of aryl methyl sites for hydroxylation is 1. The van der Waals surface area contributed by atoms with E-state index < -0.39 is 9.84 Å². The van der Waals surface area contributed by atoms with Gasteiger partial charge in [0.05, 0.1) is 11.4 Å². The average molecular weight is 562 g/mol. The predicted octanol–water partition coefficient (Wildman–Crippen LogP) is 4.46. The third-order valence-corrected chi connectivity index (χ3v) is 6.82. The van der Waals surface area contributed by atoms with Crippen LogP contribution in [-0.2, 0) is 21.8 Å². The van der Waals surface area contributed by atoms with E-state index in [1.165, 1.54) is 11.8 Å². The summed E-state index contributed by atoms with van der Waals surface area (Å²) in [7, 11) is -3.21. The van der Waals surface area contributed by atoms with Gasteiger partial charge in [0.15, 0.2) is 15.8 Å². The van der Waals surface area contributed by atoms with Crippen LogP contribution in [0.4, 0.5) is 0 Å². The monoisotopic (exact) mass is 561 g/mol. The Morgan fingerprint density at radius 2 is 1.80 bits per heavy atom. The van der Waals surface area contributed by atoms with Gasteiger partial charge < -0.3 is 10.6 Å². The fourth-order valence-corrected chi connectivity index (χ4v) is 4.60. The Balaban J connectivity index is 0.00000320. The molecule has 30 heavy (non-hydrogen) atoms. The summed E-state index contributed by atoms with van der Waals surface area (Å²) in [6, 6.07) is 13.5. The Labute approximate surface area is 201 Å². The highest BCUT2D eigenvalue weighted by molar-refractivity contribution is 14.0. The molecule has 164 valence electrons. The van der Waals surface area contributed by atoms with E-state index in [0.29, 0.717) is 11.4 Å². The Morgan fingerprint density at radius 1 is 1.13 bits per heavy atom. The first kappa shape index (κ1) is 24.9. The molecule has 2 N–H and O–H groups in total. The fraction of sp³-hybridized carbons (Fsp3) is 0.409. The number of hydrogen-bond acceptors (Lipinski definition) is 3. The number of nitrogens with zero attached hydrogens (tertiary/aromatic N) is 1. The van der Waals surface area contributed by atoms with Crippen molar-refractivity contribution in [2.24, 2.45) is 4.99 Å². The van der Waals surface area contributed by atoms with Crippen LogP contribution in [0.2, 0.25) is 5.02 Å². The van der Waals surface area contributed by atoms with Crippen LogP contribution in [-0.4, -0.2) is 33.7 Å². The van der Waals surface area contributed by atoms with Gasteiger partial charge in [-0.1, -0.05) is 35.9 Å². The van der Waals surface area contributed by atoms with Gasteiger partial charge in [-0.3, -0.25) is 0 Å². The minimum Gasteiger partial charge on any atom is -0.357 e. The molecule has 0 spiro atoms. The van der Waals surface area contributed by atoms with Crippen LogP contribution in [0, 0.1) is 6.92 Å². The minimum atomic E-state index is -3.21. The molecule has 0 unspecified atom stereocenters. The van der Waals surface area contributed by atoms with E-state index in [1.54, 1.807) is 6.07 Å². The average Bonchev–Trinajstić information content (AvgIpc) is 3.44. The number of rotatable bonds is 7. The lowest BCUT2D eigenvalue weighted by Crippen LogP contribution is -2.41. The van der Waals surface area contributed by atoms with Crippen molar-refractivity contribution in [2.75, 3.05) is 19.3 Å². The van der Waals surface area contributed by atoms with Crippen LogP contribution in [0.25, 0.3) is 0 Å². The number of aliphatic imine (C=N–C) groups is 1. The van der Waals surface area contributed by atoms with Gasteiger partial charge in [-0.25, -0.2) is 13.4 Å². The maximum Gasteiger partial charge on any atom is 0.191 e. The molecule has 0 aromatic heterocycles. The van der Waals surface area contributed by atoms with E-state index in [4.69, 9.17) is 11.6 Å². The number of halogens is 2. The maximum atomic E-state index is 11.8. The van der Waals surface area contributed by atoms with E-state index in [0.717, 1.165) is 48.0 Å². The fourth-order valence-electron chi connectivity index (χ4n) is 3.51. The third-order valence-electron chi connectivity index (χ3n) is 5.31. The number of nitrogens with one attached hydrogen (secondary N) is 2. The van der Waals surface area contributed by atoms with E-state index in [1.807, 2.05) is 38.1 Å². The Kier molecular flexibility index (Phi) is 8.59. The van der Waals surface area contributed by atoms with Crippen LogP contribution in [0.1, 0.15) is 36.5 Å².